The summed E-state index contributed by atoms with van der Waals surface area (Å²) in [6, 6.07) is 8.97. The minimum absolute atomic E-state index is 0.0148. The Morgan fingerprint density at radius 2 is 2.03 bits per heavy atom. The van der Waals surface area contributed by atoms with Gasteiger partial charge in [0.05, 0.1) is 29.2 Å². The quantitative estimate of drug-likeness (QED) is 0.680. The average molecular weight is 435 g/mol. The van der Waals surface area contributed by atoms with Gasteiger partial charge in [-0.2, -0.15) is 9.57 Å². The first kappa shape index (κ1) is 20.9. The van der Waals surface area contributed by atoms with Gasteiger partial charge in [-0.3, -0.25) is 4.79 Å². The zero-order valence-corrected chi connectivity index (χ0v) is 16.8. The number of nitrogens with one attached hydrogen (secondary N) is 1. The molecule has 9 nitrogen and oxygen atoms in total. The number of hydrogen-bond donors (Lipinski definition) is 1. The molecule has 1 N–H and O–H groups in total. The van der Waals surface area contributed by atoms with E-state index in [-0.39, 0.29) is 23.5 Å². The molecule has 0 radical (unpaired) electrons. The van der Waals surface area contributed by atoms with Gasteiger partial charge in [0.25, 0.3) is 5.91 Å². The number of esters is 1. The number of carbonyl (C=O) groups excluding carboxylic acids is 2. The third-order valence-corrected chi connectivity index (χ3v) is 6.78. The van der Waals surface area contributed by atoms with E-state index in [1.54, 1.807) is 11.4 Å². The van der Waals surface area contributed by atoms with Crippen molar-refractivity contribution in [1.82, 2.24) is 4.31 Å². The molecular weight excluding hydrogens is 418 g/mol. The first-order valence-corrected chi connectivity index (χ1v) is 10.9. The van der Waals surface area contributed by atoms with Crippen molar-refractivity contribution in [3.05, 3.63) is 46.8 Å². The summed E-state index contributed by atoms with van der Waals surface area (Å²) in [7, 11) is -3.75. The largest absolute Gasteiger partial charge is 0.452 e. The Labute approximate surface area is 171 Å². The fraction of sp³-hybridized carbons (Fsp3) is 0.278. The smallest absolute Gasteiger partial charge is 0.338 e. The first-order valence-electron chi connectivity index (χ1n) is 8.54. The number of nitriles is 1. The summed E-state index contributed by atoms with van der Waals surface area (Å²) in [5, 5.41) is 13.4. The van der Waals surface area contributed by atoms with E-state index in [4.69, 9.17) is 14.7 Å². The van der Waals surface area contributed by atoms with E-state index >= 15 is 0 Å². The van der Waals surface area contributed by atoms with Crippen LogP contribution in [0.2, 0.25) is 0 Å². The van der Waals surface area contributed by atoms with Crippen LogP contribution in [0.1, 0.15) is 15.9 Å². The molecule has 1 fully saturated rings. The summed E-state index contributed by atoms with van der Waals surface area (Å²) in [5.41, 5.74) is 0.330. The second kappa shape index (κ2) is 9.15. The molecule has 1 aliphatic rings. The van der Waals surface area contributed by atoms with E-state index in [1.165, 1.54) is 39.9 Å². The van der Waals surface area contributed by atoms with Crippen molar-refractivity contribution >= 4 is 38.2 Å². The van der Waals surface area contributed by atoms with Crippen molar-refractivity contribution in [3.63, 3.8) is 0 Å². The molecule has 1 aromatic carbocycles. The molecule has 0 aliphatic carbocycles. The van der Waals surface area contributed by atoms with Crippen LogP contribution in [0.5, 0.6) is 0 Å². The number of anilines is 1. The van der Waals surface area contributed by atoms with E-state index in [0.717, 1.165) is 0 Å². The number of carbonyl (C=O) groups is 2. The molecule has 1 amide bonds. The lowest BCUT2D eigenvalue weighted by molar-refractivity contribution is -0.119. The highest BCUT2D eigenvalue weighted by atomic mass is 32.2. The molecule has 3 rings (SSSR count). The standard InChI is InChI=1S/C18H17N3O6S2/c19-11-14-4-9-28-17(14)20-16(22)12-27-18(23)13-2-1-3-15(10-13)29(24,25)21-5-7-26-8-6-21/h1-4,9-10H,5-8,12H2,(H,20,22). The van der Waals surface area contributed by atoms with Gasteiger partial charge in [-0.05, 0) is 29.6 Å². The number of hydrogen-bond acceptors (Lipinski definition) is 8. The van der Waals surface area contributed by atoms with Gasteiger partial charge in [-0.1, -0.05) is 6.07 Å². The lowest BCUT2D eigenvalue weighted by Crippen LogP contribution is -2.40. The summed E-state index contributed by atoms with van der Waals surface area (Å²) >= 11 is 1.18. The zero-order valence-electron chi connectivity index (χ0n) is 15.2. The minimum atomic E-state index is -3.75. The van der Waals surface area contributed by atoms with Crippen LogP contribution in [-0.4, -0.2) is 57.5 Å². The number of rotatable bonds is 6. The van der Waals surface area contributed by atoms with Crippen molar-refractivity contribution in [3.8, 4) is 6.07 Å². The number of thiophene rings is 1. The van der Waals surface area contributed by atoms with Gasteiger partial charge in [0.2, 0.25) is 10.0 Å². The van der Waals surface area contributed by atoms with Gasteiger partial charge >= 0.3 is 5.97 Å². The molecule has 0 saturated carbocycles. The summed E-state index contributed by atoms with van der Waals surface area (Å²) < 4.78 is 36.8. The van der Waals surface area contributed by atoms with Crippen molar-refractivity contribution in [1.29, 1.82) is 5.26 Å². The molecule has 1 aliphatic heterocycles. The topological polar surface area (TPSA) is 126 Å². The van der Waals surface area contributed by atoms with Crippen LogP contribution in [0.4, 0.5) is 5.00 Å². The van der Waals surface area contributed by atoms with Crippen molar-refractivity contribution < 1.29 is 27.5 Å². The average Bonchev–Trinajstić information content (AvgIpc) is 3.19. The normalized spacial score (nSPS) is 14.7. The maximum absolute atomic E-state index is 12.7. The molecule has 1 saturated heterocycles. The van der Waals surface area contributed by atoms with Crippen LogP contribution < -0.4 is 5.32 Å². The molecule has 2 aromatic rings. The third-order valence-electron chi connectivity index (χ3n) is 4.05. The van der Waals surface area contributed by atoms with E-state index in [2.05, 4.69) is 5.32 Å². The lowest BCUT2D eigenvalue weighted by Gasteiger charge is -2.26. The van der Waals surface area contributed by atoms with Crippen LogP contribution in [0.3, 0.4) is 0 Å². The van der Waals surface area contributed by atoms with Crippen LogP contribution in [-0.2, 0) is 24.3 Å². The Bertz CT molecular complexity index is 1050. The Kier molecular flexibility index (Phi) is 6.60. The molecule has 2 heterocycles. The molecule has 29 heavy (non-hydrogen) atoms. The van der Waals surface area contributed by atoms with Crippen LogP contribution in [0.15, 0.2) is 40.6 Å². The van der Waals surface area contributed by atoms with Gasteiger partial charge in [0.15, 0.2) is 6.61 Å². The summed E-state index contributed by atoms with van der Waals surface area (Å²) in [6.45, 7) is 0.541. The zero-order chi connectivity index (χ0) is 20.9. The fourth-order valence-corrected chi connectivity index (χ4v) is 4.80. The Morgan fingerprint density at radius 1 is 1.28 bits per heavy atom. The third kappa shape index (κ3) is 4.99. The van der Waals surface area contributed by atoms with E-state index in [9.17, 15) is 18.0 Å². The van der Waals surface area contributed by atoms with Gasteiger partial charge in [0.1, 0.15) is 11.1 Å². The van der Waals surface area contributed by atoms with Gasteiger partial charge in [-0.15, -0.1) is 11.3 Å². The highest BCUT2D eigenvalue weighted by Gasteiger charge is 2.27. The second-order valence-electron chi connectivity index (χ2n) is 5.94. The number of sulfonamides is 1. The number of ether oxygens (including phenoxy) is 2. The lowest BCUT2D eigenvalue weighted by atomic mass is 10.2. The van der Waals surface area contributed by atoms with E-state index in [0.29, 0.717) is 23.8 Å². The Morgan fingerprint density at radius 3 is 2.76 bits per heavy atom. The predicted molar refractivity (Wildman–Crippen MR) is 104 cm³/mol. The number of benzene rings is 1. The molecule has 0 bridgehead atoms. The number of morpholine rings is 1. The molecule has 0 unspecified atom stereocenters. The van der Waals surface area contributed by atoms with Crippen molar-refractivity contribution in [2.75, 3.05) is 38.2 Å². The molecular formula is C18H17N3O6S2. The van der Waals surface area contributed by atoms with Gasteiger partial charge in [-0.25, -0.2) is 13.2 Å². The maximum atomic E-state index is 12.7. The maximum Gasteiger partial charge on any atom is 0.338 e. The molecule has 1 aromatic heterocycles. The SMILES string of the molecule is N#Cc1ccsc1NC(=O)COC(=O)c1cccc(S(=O)(=O)N2CCOCC2)c1. The predicted octanol–water partition coefficient (Wildman–Crippen LogP) is 1.44. The first-order chi connectivity index (χ1) is 13.9. The summed E-state index contributed by atoms with van der Waals surface area (Å²) in [6.07, 6.45) is 0. The highest BCUT2D eigenvalue weighted by molar-refractivity contribution is 7.89. The second-order valence-corrected chi connectivity index (χ2v) is 8.80. The van der Waals surface area contributed by atoms with Gasteiger partial charge < -0.3 is 14.8 Å². The number of amides is 1. The minimum Gasteiger partial charge on any atom is -0.452 e. The molecule has 152 valence electrons. The summed E-state index contributed by atoms with van der Waals surface area (Å²) in [5.74, 6) is -1.43. The van der Waals surface area contributed by atoms with Crippen molar-refractivity contribution in [2.45, 2.75) is 4.90 Å². The van der Waals surface area contributed by atoms with E-state index in [1.807, 2.05) is 6.07 Å². The van der Waals surface area contributed by atoms with Crippen LogP contribution in [0.25, 0.3) is 0 Å². The molecule has 11 heteroatoms. The summed E-state index contributed by atoms with van der Waals surface area (Å²) in [4.78, 5) is 24.2. The Hall–Kier alpha value is -2.78. The Balaban J connectivity index is 1.63. The van der Waals surface area contributed by atoms with Crippen LogP contribution in [0, 0.1) is 11.3 Å². The molecule has 0 spiro atoms. The highest BCUT2D eigenvalue weighted by Crippen LogP contribution is 2.22. The number of nitrogens with zero attached hydrogens (tertiary/aromatic N) is 2. The molecule has 0 atom stereocenters. The van der Waals surface area contributed by atoms with Gasteiger partial charge in [0, 0.05) is 13.1 Å². The van der Waals surface area contributed by atoms with Crippen molar-refractivity contribution in [2.24, 2.45) is 0 Å². The van der Waals surface area contributed by atoms with E-state index < -0.39 is 28.5 Å². The fourth-order valence-electron chi connectivity index (χ4n) is 2.59. The monoisotopic (exact) mass is 435 g/mol. The van der Waals surface area contributed by atoms with Crippen LogP contribution >= 0.6 is 11.3 Å².